The molecule has 4 aliphatic carbocycles. The van der Waals surface area contributed by atoms with Crippen LogP contribution in [0.4, 0.5) is 0 Å². The Labute approximate surface area is 139 Å². The first-order valence-corrected chi connectivity index (χ1v) is 9.62. The summed E-state index contributed by atoms with van der Waals surface area (Å²) in [6.45, 7) is 0. The highest BCUT2D eigenvalue weighted by atomic mass is 16.1. The van der Waals surface area contributed by atoms with E-state index in [0.29, 0.717) is 23.5 Å². The van der Waals surface area contributed by atoms with E-state index in [0.717, 1.165) is 24.8 Å². The number of Topliss-reactive ketones (excluding diaryl/α,β-unsaturated/α-hetero) is 1. The molecule has 0 heterocycles. The Hall–Kier alpha value is -1.37. The number of ketones is 1. The summed E-state index contributed by atoms with van der Waals surface area (Å²) >= 11 is 0. The van der Waals surface area contributed by atoms with Crippen molar-refractivity contribution in [1.29, 1.82) is 0 Å². The van der Waals surface area contributed by atoms with E-state index in [1.807, 2.05) is 0 Å². The third-order valence-corrected chi connectivity index (χ3v) is 7.26. The molecule has 2 fully saturated rings. The van der Waals surface area contributed by atoms with Crippen LogP contribution < -0.4 is 0 Å². The number of rotatable bonds is 1. The van der Waals surface area contributed by atoms with Crippen molar-refractivity contribution >= 4 is 5.78 Å². The summed E-state index contributed by atoms with van der Waals surface area (Å²) < 4.78 is 0. The molecule has 0 saturated heterocycles. The van der Waals surface area contributed by atoms with Gasteiger partial charge in [-0.25, -0.2) is 0 Å². The third kappa shape index (κ3) is 2.01. The molecule has 2 bridgehead atoms. The number of hydrogen-bond donors (Lipinski definition) is 0. The van der Waals surface area contributed by atoms with Crippen LogP contribution in [0.15, 0.2) is 30.4 Å². The standard InChI is InChI=1S/C22H26O/c23-21-20-13-18(16-4-2-1-3-5-16)8-7-17(20)10-11-22(21)14-15-6-9-19(22)12-15/h6-9,13,15-16,19H,1-5,10-12,14H2. The summed E-state index contributed by atoms with van der Waals surface area (Å²) in [5.41, 5.74) is 3.79. The van der Waals surface area contributed by atoms with Crippen molar-refractivity contribution in [2.75, 3.05) is 0 Å². The van der Waals surface area contributed by atoms with Crippen molar-refractivity contribution < 1.29 is 4.79 Å². The van der Waals surface area contributed by atoms with Gasteiger partial charge < -0.3 is 0 Å². The summed E-state index contributed by atoms with van der Waals surface area (Å²) in [6, 6.07) is 6.89. The van der Waals surface area contributed by atoms with Crippen molar-refractivity contribution in [3.05, 3.63) is 47.0 Å². The minimum absolute atomic E-state index is 0.0440. The number of aryl methyl sites for hydroxylation is 1. The van der Waals surface area contributed by atoms with Crippen LogP contribution in [-0.2, 0) is 6.42 Å². The number of hydrogen-bond acceptors (Lipinski definition) is 1. The van der Waals surface area contributed by atoms with E-state index in [-0.39, 0.29) is 5.41 Å². The van der Waals surface area contributed by atoms with Crippen molar-refractivity contribution in [2.24, 2.45) is 17.3 Å². The van der Waals surface area contributed by atoms with Gasteiger partial charge in [0, 0.05) is 11.0 Å². The van der Waals surface area contributed by atoms with E-state index in [4.69, 9.17) is 0 Å². The number of benzene rings is 1. The van der Waals surface area contributed by atoms with Crippen LogP contribution in [0.1, 0.15) is 78.8 Å². The second-order valence-corrected chi connectivity index (χ2v) is 8.43. The second kappa shape index (κ2) is 5.06. The van der Waals surface area contributed by atoms with Gasteiger partial charge in [-0.3, -0.25) is 4.79 Å². The van der Waals surface area contributed by atoms with Crippen LogP contribution in [0.3, 0.4) is 0 Å². The smallest absolute Gasteiger partial charge is 0.169 e. The van der Waals surface area contributed by atoms with Gasteiger partial charge in [0.2, 0.25) is 0 Å². The molecule has 4 aliphatic rings. The molecule has 120 valence electrons. The minimum atomic E-state index is -0.0440. The lowest BCUT2D eigenvalue weighted by atomic mass is 9.63. The van der Waals surface area contributed by atoms with Crippen molar-refractivity contribution in [1.82, 2.24) is 0 Å². The van der Waals surface area contributed by atoms with Crippen LogP contribution in [0.25, 0.3) is 0 Å². The Morgan fingerprint density at radius 2 is 1.91 bits per heavy atom. The van der Waals surface area contributed by atoms with Crippen LogP contribution in [0.5, 0.6) is 0 Å². The predicted octanol–water partition coefficient (Wildman–Crippen LogP) is 5.45. The van der Waals surface area contributed by atoms with Gasteiger partial charge in [0.25, 0.3) is 0 Å². The summed E-state index contributed by atoms with van der Waals surface area (Å²) in [6.07, 6.45) is 15.9. The van der Waals surface area contributed by atoms with Gasteiger partial charge in [0.15, 0.2) is 5.78 Å². The van der Waals surface area contributed by atoms with Crippen LogP contribution in [0, 0.1) is 17.3 Å². The number of carbonyl (C=O) groups is 1. The molecule has 1 heteroatoms. The van der Waals surface area contributed by atoms with Gasteiger partial charge >= 0.3 is 0 Å². The van der Waals surface area contributed by atoms with E-state index in [2.05, 4.69) is 30.4 Å². The molecule has 0 amide bonds. The molecule has 5 rings (SSSR count). The molecule has 0 aromatic heterocycles. The van der Waals surface area contributed by atoms with Gasteiger partial charge in [0.05, 0.1) is 0 Å². The molecule has 3 atom stereocenters. The lowest BCUT2D eigenvalue weighted by molar-refractivity contribution is 0.0702. The molecular weight excluding hydrogens is 280 g/mol. The van der Waals surface area contributed by atoms with Crippen LogP contribution >= 0.6 is 0 Å². The summed E-state index contributed by atoms with van der Waals surface area (Å²) in [5.74, 6) is 2.37. The Morgan fingerprint density at radius 1 is 1.04 bits per heavy atom. The molecule has 23 heavy (non-hydrogen) atoms. The number of fused-ring (bicyclic) bond motifs is 4. The highest BCUT2D eigenvalue weighted by Gasteiger charge is 2.54. The van der Waals surface area contributed by atoms with Gasteiger partial charge in [0.1, 0.15) is 0 Å². The largest absolute Gasteiger partial charge is 0.294 e. The average molecular weight is 306 g/mol. The number of allylic oxidation sites excluding steroid dienone is 2. The van der Waals surface area contributed by atoms with Crippen LogP contribution in [0.2, 0.25) is 0 Å². The predicted molar refractivity (Wildman–Crippen MR) is 92.7 cm³/mol. The van der Waals surface area contributed by atoms with E-state index in [9.17, 15) is 4.79 Å². The first kappa shape index (κ1) is 14.0. The fourth-order valence-electron chi connectivity index (χ4n) is 5.96. The minimum Gasteiger partial charge on any atom is -0.294 e. The van der Waals surface area contributed by atoms with Gasteiger partial charge in [-0.1, -0.05) is 43.5 Å². The third-order valence-electron chi connectivity index (χ3n) is 7.26. The molecule has 1 nitrogen and oxygen atoms in total. The molecule has 1 aromatic rings. The Balaban J connectivity index is 1.51. The summed E-state index contributed by atoms with van der Waals surface area (Å²) in [5, 5.41) is 0. The molecule has 1 aromatic carbocycles. The van der Waals surface area contributed by atoms with Crippen molar-refractivity contribution in [3.8, 4) is 0 Å². The highest BCUT2D eigenvalue weighted by Crippen LogP contribution is 2.57. The topological polar surface area (TPSA) is 17.1 Å². The second-order valence-electron chi connectivity index (χ2n) is 8.43. The van der Waals surface area contributed by atoms with Crippen molar-refractivity contribution in [2.45, 2.75) is 63.7 Å². The van der Waals surface area contributed by atoms with E-state index in [1.54, 1.807) is 0 Å². The molecule has 0 aliphatic heterocycles. The van der Waals surface area contributed by atoms with E-state index >= 15 is 0 Å². The maximum atomic E-state index is 13.4. The fraction of sp³-hybridized carbons (Fsp3) is 0.591. The molecule has 0 N–H and O–H groups in total. The zero-order chi connectivity index (χ0) is 15.4. The normalized spacial score (nSPS) is 35.9. The maximum absolute atomic E-state index is 13.4. The monoisotopic (exact) mass is 306 g/mol. The van der Waals surface area contributed by atoms with Gasteiger partial charge in [-0.2, -0.15) is 0 Å². The van der Waals surface area contributed by atoms with E-state index in [1.165, 1.54) is 49.7 Å². The summed E-state index contributed by atoms with van der Waals surface area (Å²) in [7, 11) is 0. The molecular formula is C22H26O. The lowest BCUT2D eigenvalue weighted by Gasteiger charge is -2.38. The highest BCUT2D eigenvalue weighted by molar-refractivity contribution is 6.03. The van der Waals surface area contributed by atoms with Crippen molar-refractivity contribution in [3.63, 3.8) is 0 Å². The quantitative estimate of drug-likeness (QED) is 0.631. The maximum Gasteiger partial charge on any atom is 0.169 e. The molecule has 0 radical (unpaired) electrons. The van der Waals surface area contributed by atoms with Crippen LogP contribution in [-0.4, -0.2) is 5.78 Å². The van der Waals surface area contributed by atoms with E-state index < -0.39 is 0 Å². The fourth-order valence-corrected chi connectivity index (χ4v) is 5.96. The molecule has 2 saturated carbocycles. The Kier molecular flexibility index (Phi) is 3.08. The molecule has 1 spiro atoms. The zero-order valence-corrected chi connectivity index (χ0v) is 13.9. The first-order chi connectivity index (χ1) is 11.3. The summed E-state index contributed by atoms with van der Waals surface area (Å²) in [4.78, 5) is 13.4. The average Bonchev–Trinajstić information content (AvgIpc) is 3.21. The Morgan fingerprint density at radius 3 is 2.65 bits per heavy atom. The lowest BCUT2D eigenvalue weighted by Crippen LogP contribution is -2.39. The first-order valence-electron chi connectivity index (χ1n) is 9.62. The van der Waals surface area contributed by atoms with Gasteiger partial charge in [-0.15, -0.1) is 0 Å². The number of carbonyl (C=O) groups excluding carboxylic acids is 1. The zero-order valence-electron chi connectivity index (χ0n) is 13.9. The van der Waals surface area contributed by atoms with Gasteiger partial charge in [-0.05, 0) is 73.5 Å². The molecule has 3 unspecified atom stereocenters. The SMILES string of the molecule is O=C1c2cc(C3CCCCC3)ccc2CCC12CC1C=CC2C1. The Bertz CT molecular complexity index is 679.